The fourth-order valence-corrected chi connectivity index (χ4v) is 6.65. The van der Waals surface area contributed by atoms with Crippen LogP contribution in [-0.4, -0.2) is 41.2 Å². The zero-order valence-electron chi connectivity index (χ0n) is 22.5. The van der Waals surface area contributed by atoms with Gasteiger partial charge in [-0.25, -0.2) is 8.42 Å². The molecule has 1 aliphatic heterocycles. The molecule has 1 N–H and O–H groups in total. The zero-order valence-corrected chi connectivity index (χ0v) is 23.3. The molecule has 1 atom stereocenters. The summed E-state index contributed by atoms with van der Waals surface area (Å²) in [5, 5.41) is 0. The molecule has 2 aliphatic rings. The van der Waals surface area contributed by atoms with Gasteiger partial charge >= 0.3 is 0 Å². The van der Waals surface area contributed by atoms with Crippen molar-refractivity contribution in [1.29, 1.82) is 0 Å². The minimum absolute atomic E-state index is 0.0190. The molecular formula is C30H34N2O6S. The van der Waals surface area contributed by atoms with Gasteiger partial charge in [0.1, 0.15) is 10.6 Å². The van der Waals surface area contributed by atoms with Gasteiger partial charge in [0.15, 0.2) is 11.5 Å². The van der Waals surface area contributed by atoms with Crippen LogP contribution < -0.4 is 23.8 Å². The lowest BCUT2D eigenvalue weighted by atomic mass is 9.98. The molecule has 1 saturated carbocycles. The van der Waals surface area contributed by atoms with E-state index in [1.807, 2.05) is 31.2 Å². The highest BCUT2D eigenvalue weighted by atomic mass is 32.2. The SMILES string of the molecule is COc1ccc([C@H]2CC(=O)N(c3cccc(NS(=O)(=O)c4cc(C)ccc4OC)c3)C2)cc1OC1CCCC1. The summed E-state index contributed by atoms with van der Waals surface area (Å²) in [7, 11) is -0.842. The first-order valence-electron chi connectivity index (χ1n) is 13.2. The number of hydrogen-bond acceptors (Lipinski definition) is 6. The number of benzene rings is 3. The maximum atomic E-state index is 13.2. The van der Waals surface area contributed by atoms with E-state index in [2.05, 4.69) is 4.72 Å². The lowest BCUT2D eigenvalue weighted by Gasteiger charge is -2.20. The summed E-state index contributed by atoms with van der Waals surface area (Å²) in [6.07, 6.45) is 4.98. The number of anilines is 2. The first-order chi connectivity index (χ1) is 18.8. The highest BCUT2D eigenvalue weighted by Crippen LogP contribution is 2.38. The van der Waals surface area contributed by atoms with Gasteiger partial charge in [0.2, 0.25) is 5.91 Å². The van der Waals surface area contributed by atoms with Crippen molar-refractivity contribution in [3.63, 3.8) is 0 Å². The van der Waals surface area contributed by atoms with Crippen LogP contribution in [0.15, 0.2) is 65.6 Å². The molecule has 1 amide bonds. The Bertz CT molecular complexity index is 1470. The normalized spacial score (nSPS) is 17.9. The van der Waals surface area contributed by atoms with Gasteiger partial charge < -0.3 is 19.1 Å². The Hall–Kier alpha value is -3.72. The molecule has 39 heavy (non-hydrogen) atoms. The number of nitrogens with zero attached hydrogens (tertiary/aromatic N) is 1. The van der Waals surface area contributed by atoms with Crippen molar-refractivity contribution >= 4 is 27.3 Å². The number of hydrogen-bond donors (Lipinski definition) is 1. The van der Waals surface area contributed by atoms with E-state index in [0.29, 0.717) is 30.1 Å². The molecule has 8 nitrogen and oxygen atoms in total. The lowest BCUT2D eigenvalue weighted by Crippen LogP contribution is -2.24. The van der Waals surface area contributed by atoms with E-state index in [1.54, 1.807) is 48.4 Å². The Kier molecular flexibility index (Phi) is 7.70. The predicted molar refractivity (Wildman–Crippen MR) is 151 cm³/mol. The zero-order chi connectivity index (χ0) is 27.6. The summed E-state index contributed by atoms with van der Waals surface area (Å²) >= 11 is 0. The van der Waals surface area contributed by atoms with Crippen LogP contribution >= 0.6 is 0 Å². The Morgan fingerprint density at radius 2 is 1.64 bits per heavy atom. The molecule has 0 aromatic heterocycles. The highest BCUT2D eigenvalue weighted by molar-refractivity contribution is 7.92. The van der Waals surface area contributed by atoms with Gasteiger partial charge in [-0.3, -0.25) is 9.52 Å². The number of sulfonamides is 1. The molecule has 0 unspecified atom stereocenters. The van der Waals surface area contributed by atoms with Gasteiger partial charge in [-0.1, -0.05) is 18.2 Å². The summed E-state index contributed by atoms with van der Waals surface area (Å²) in [6.45, 7) is 2.30. The maximum absolute atomic E-state index is 13.2. The van der Waals surface area contributed by atoms with E-state index in [-0.39, 0.29) is 28.6 Å². The van der Waals surface area contributed by atoms with Crippen molar-refractivity contribution in [2.45, 2.75) is 55.9 Å². The van der Waals surface area contributed by atoms with E-state index in [9.17, 15) is 13.2 Å². The number of amides is 1. The highest BCUT2D eigenvalue weighted by Gasteiger charge is 2.33. The third-order valence-electron chi connectivity index (χ3n) is 7.40. The van der Waals surface area contributed by atoms with E-state index in [4.69, 9.17) is 14.2 Å². The smallest absolute Gasteiger partial charge is 0.265 e. The molecule has 3 aromatic carbocycles. The first-order valence-corrected chi connectivity index (χ1v) is 14.7. The third kappa shape index (κ3) is 5.83. The van der Waals surface area contributed by atoms with Crippen molar-refractivity contribution in [3.05, 3.63) is 71.8 Å². The summed E-state index contributed by atoms with van der Waals surface area (Å²) in [5.74, 6) is 1.63. The second kappa shape index (κ2) is 11.2. The van der Waals surface area contributed by atoms with Crippen molar-refractivity contribution in [2.24, 2.45) is 0 Å². The van der Waals surface area contributed by atoms with Crippen LogP contribution in [0.4, 0.5) is 11.4 Å². The minimum Gasteiger partial charge on any atom is -0.495 e. The van der Waals surface area contributed by atoms with E-state index < -0.39 is 10.0 Å². The molecule has 0 spiro atoms. The summed E-state index contributed by atoms with van der Waals surface area (Å²) in [4.78, 5) is 14.9. The molecule has 0 bridgehead atoms. The largest absolute Gasteiger partial charge is 0.495 e. The monoisotopic (exact) mass is 550 g/mol. The van der Waals surface area contributed by atoms with Crippen LogP contribution in [-0.2, 0) is 14.8 Å². The third-order valence-corrected chi connectivity index (χ3v) is 8.80. The average Bonchev–Trinajstić information content (AvgIpc) is 3.58. The minimum atomic E-state index is -3.91. The quantitative estimate of drug-likeness (QED) is 0.370. The number of carbonyl (C=O) groups excluding carboxylic acids is 1. The van der Waals surface area contributed by atoms with Gasteiger partial charge in [-0.05, 0) is 86.2 Å². The predicted octanol–water partition coefficient (Wildman–Crippen LogP) is 5.65. The Balaban J connectivity index is 1.34. The molecular weight excluding hydrogens is 516 g/mol. The molecule has 1 aliphatic carbocycles. The van der Waals surface area contributed by atoms with Crippen molar-refractivity contribution < 1.29 is 27.4 Å². The Morgan fingerprint density at radius 1 is 0.897 bits per heavy atom. The number of nitrogens with one attached hydrogen (secondary N) is 1. The molecule has 1 saturated heterocycles. The van der Waals surface area contributed by atoms with Crippen LogP contribution in [0, 0.1) is 6.92 Å². The van der Waals surface area contributed by atoms with E-state index in [0.717, 1.165) is 29.7 Å². The van der Waals surface area contributed by atoms with Gasteiger partial charge in [0.05, 0.1) is 26.0 Å². The number of aryl methyl sites for hydroxylation is 1. The number of ether oxygens (including phenoxy) is 3. The first kappa shape index (κ1) is 26.9. The average molecular weight is 551 g/mol. The maximum Gasteiger partial charge on any atom is 0.265 e. The van der Waals surface area contributed by atoms with E-state index >= 15 is 0 Å². The number of carbonyl (C=O) groups is 1. The van der Waals surface area contributed by atoms with Crippen LogP contribution in [0.2, 0.25) is 0 Å². The van der Waals surface area contributed by atoms with Crippen molar-refractivity contribution in [3.8, 4) is 17.2 Å². The molecule has 5 rings (SSSR count). The van der Waals surface area contributed by atoms with Crippen LogP contribution in [0.3, 0.4) is 0 Å². The fraction of sp³-hybridized carbons (Fsp3) is 0.367. The molecule has 1 heterocycles. The van der Waals surface area contributed by atoms with Crippen LogP contribution in [0.1, 0.15) is 49.1 Å². The van der Waals surface area contributed by atoms with Gasteiger partial charge in [0.25, 0.3) is 10.0 Å². The van der Waals surface area contributed by atoms with Gasteiger partial charge in [-0.15, -0.1) is 0 Å². The summed E-state index contributed by atoms with van der Waals surface area (Å²) in [5.41, 5.74) is 2.82. The van der Waals surface area contributed by atoms with Gasteiger partial charge in [0, 0.05) is 24.6 Å². The fourth-order valence-electron chi connectivity index (χ4n) is 5.35. The molecule has 3 aromatic rings. The molecule has 9 heteroatoms. The summed E-state index contributed by atoms with van der Waals surface area (Å²) in [6, 6.07) is 17.8. The molecule has 0 radical (unpaired) electrons. The van der Waals surface area contributed by atoms with Crippen LogP contribution in [0.5, 0.6) is 17.2 Å². The Labute approximate surface area is 229 Å². The van der Waals surface area contributed by atoms with Gasteiger partial charge in [-0.2, -0.15) is 0 Å². The molecule has 206 valence electrons. The summed E-state index contributed by atoms with van der Waals surface area (Å²) < 4.78 is 46.1. The standard InChI is InChI=1S/C30H34N2O6S/c1-20-11-13-27(37-3)29(15-20)39(34,35)31-23-7-6-8-24(18-23)32-19-22(17-30(32)33)21-12-14-26(36-2)28(16-21)38-25-9-4-5-10-25/h6-8,11-16,18,22,25,31H,4-5,9-10,17,19H2,1-3H3/t22-/m0/s1. The topological polar surface area (TPSA) is 94.2 Å². The molecule has 2 fully saturated rings. The van der Waals surface area contributed by atoms with Crippen LogP contribution in [0.25, 0.3) is 0 Å². The van der Waals surface area contributed by atoms with E-state index in [1.165, 1.54) is 20.0 Å². The Morgan fingerprint density at radius 3 is 2.38 bits per heavy atom. The number of rotatable bonds is 9. The lowest BCUT2D eigenvalue weighted by molar-refractivity contribution is -0.117. The number of methoxy groups -OCH3 is 2. The second-order valence-corrected chi connectivity index (χ2v) is 11.8. The van der Waals surface area contributed by atoms with Crippen molar-refractivity contribution in [1.82, 2.24) is 0 Å². The second-order valence-electron chi connectivity index (χ2n) is 10.2. The van der Waals surface area contributed by atoms with Crippen molar-refractivity contribution in [2.75, 3.05) is 30.4 Å².